The Hall–Kier alpha value is -3.49. The topological polar surface area (TPSA) is 120 Å². The SMILES string of the molecule is CC[C@@H](C)OC(=O)C1=C(C)NC2=C(C(=O)[C@@H](C(=O)OC)[C@@H](C)C2)[C@H]1c1cc(OC)c(O)c(OC)c1. The fraction of sp³-hybridized carbons (Fsp3) is 0.500. The monoisotopic (exact) mass is 487 g/mol. The number of hydrogen-bond acceptors (Lipinski definition) is 9. The summed E-state index contributed by atoms with van der Waals surface area (Å²) in [5.41, 5.74) is 2.19. The molecule has 0 saturated carbocycles. The highest BCUT2D eigenvalue weighted by Gasteiger charge is 2.47. The lowest BCUT2D eigenvalue weighted by Gasteiger charge is -2.38. The first-order valence-electron chi connectivity index (χ1n) is 11.6. The summed E-state index contributed by atoms with van der Waals surface area (Å²) in [4.78, 5) is 39.7. The number of phenolic OH excluding ortho intramolecular Hbond substituents is 1. The van der Waals surface area contributed by atoms with Gasteiger partial charge in [-0.3, -0.25) is 9.59 Å². The van der Waals surface area contributed by atoms with Crippen molar-refractivity contribution in [1.82, 2.24) is 5.32 Å². The van der Waals surface area contributed by atoms with Crippen LogP contribution in [0, 0.1) is 11.8 Å². The number of dihydropyridines is 1. The van der Waals surface area contributed by atoms with Crippen molar-refractivity contribution in [3.63, 3.8) is 0 Å². The van der Waals surface area contributed by atoms with Crippen LogP contribution in [0.1, 0.15) is 52.0 Å². The van der Waals surface area contributed by atoms with Crippen LogP contribution >= 0.6 is 0 Å². The number of aromatic hydroxyl groups is 1. The third-order valence-corrected chi connectivity index (χ3v) is 6.68. The highest BCUT2D eigenvalue weighted by molar-refractivity contribution is 6.12. The minimum Gasteiger partial charge on any atom is -0.502 e. The molecule has 1 aliphatic carbocycles. The predicted molar refractivity (Wildman–Crippen MR) is 127 cm³/mol. The van der Waals surface area contributed by atoms with E-state index in [0.717, 1.165) is 0 Å². The molecule has 9 nitrogen and oxygen atoms in total. The van der Waals surface area contributed by atoms with E-state index in [4.69, 9.17) is 18.9 Å². The van der Waals surface area contributed by atoms with E-state index >= 15 is 0 Å². The van der Waals surface area contributed by atoms with Crippen LogP contribution in [0.25, 0.3) is 0 Å². The molecule has 190 valence electrons. The van der Waals surface area contributed by atoms with Crippen molar-refractivity contribution in [2.75, 3.05) is 21.3 Å². The Morgan fingerprint density at radius 3 is 2.29 bits per heavy atom. The predicted octanol–water partition coefficient (Wildman–Crippen LogP) is 3.36. The molecule has 35 heavy (non-hydrogen) atoms. The van der Waals surface area contributed by atoms with Crippen molar-refractivity contribution in [3.8, 4) is 17.2 Å². The fourth-order valence-corrected chi connectivity index (χ4v) is 4.69. The molecule has 2 aliphatic rings. The number of phenols is 1. The summed E-state index contributed by atoms with van der Waals surface area (Å²) in [6.45, 7) is 7.26. The first-order chi connectivity index (χ1) is 16.6. The zero-order valence-electron chi connectivity index (χ0n) is 21.2. The number of esters is 2. The summed E-state index contributed by atoms with van der Waals surface area (Å²) < 4.78 is 21.2. The molecule has 4 atom stereocenters. The minimum atomic E-state index is -1.01. The van der Waals surface area contributed by atoms with Crippen molar-refractivity contribution in [3.05, 3.63) is 40.2 Å². The van der Waals surface area contributed by atoms with Crippen LogP contribution in [0.2, 0.25) is 0 Å². The minimum absolute atomic E-state index is 0.119. The molecule has 2 N–H and O–H groups in total. The average Bonchev–Trinajstić information content (AvgIpc) is 2.82. The molecule has 0 fully saturated rings. The van der Waals surface area contributed by atoms with Crippen LogP contribution in [0.15, 0.2) is 34.7 Å². The van der Waals surface area contributed by atoms with E-state index in [1.54, 1.807) is 26.0 Å². The van der Waals surface area contributed by atoms with E-state index in [-0.39, 0.29) is 40.4 Å². The van der Waals surface area contributed by atoms with Gasteiger partial charge in [0, 0.05) is 22.9 Å². The third-order valence-electron chi connectivity index (χ3n) is 6.68. The van der Waals surface area contributed by atoms with E-state index in [9.17, 15) is 19.5 Å². The largest absolute Gasteiger partial charge is 0.502 e. The maximum atomic E-state index is 13.8. The molecule has 1 aromatic carbocycles. The fourth-order valence-electron chi connectivity index (χ4n) is 4.69. The third kappa shape index (κ3) is 4.72. The van der Waals surface area contributed by atoms with Crippen LogP contribution in [0.3, 0.4) is 0 Å². The molecule has 0 unspecified atom stereocenters. The van der Waals surface area contributed by atoms with Crippen molar-refractivity contribution >= 4 is 17.7 Å². The number of ketones is 1. The molecule has 1 aromatic rings. The second kappa shape index (κ2) is 10.4. The van der Waals surface area contributed by atoms with Crippen LogP contribution in [-0.2, 0) is 23.9 Å². The van der Waals surface area contributed by atoms with Crippen LogP contribution < -0.4 is 14.8 Å². The Labute approximate surface area is 205 Å². The number of allylic oxidation sites excluding steroid dienone is 3. The summed E-state index contributed by atoms with van der Waals surface area (Å²) in [6, 6.07) is 3.11. The van der Waals surface area contributed by atoms with Gasteiger partial charge in [-0.1, -0.05) is 13.8 Å². The standard InChI is InChI=1S/C26H33NO8/c1-8-13(3)35-26(31)20-14(4)27-16-9-12(2)19(25(30)34-7)24(29)22(16)21(20)15-10-17(32-5)23(28)18(11-15)33-6/h10-13,19,21,27-28H,8-9H2,1-7H3/t12-,13+,19-,21-/m0/s1. The number of rotatable bonds is 7. The molecule has 0 saturated heterocycles. The molecule has 0 aromatic heterocycles. The number of carbonyl (C=O) groups is 3. The summed E-state index contributed by atoms with van der Waals surface area (Å²) in [5.74, 6) is -3.77. The number of benzene rings is 1. The van der Waals surface area contributed by atoms with Gasteiger partial charge in [-0.2, -0.15) is 0 Å². The summed E-state index contributed by atoms with van der Waals surface area (Å²) in [5, 5.41) is 13.7. The first-order valence-corrected chi connectivity index (χ1v) is 11.6. The molecule has 3 rings (SSSR count). The number of ether oxygens (including phenoxy) is 4. The normalized spacial score (nSPS) is 22.7. The Kier molecular flexibility index (Phi) is 7.77. The number of methoxy groups -OCH3 is 3. The molecule has 1 aliphatic heterocycles. The van der Waals surface area contributed by atoms with Crippen molar-refractivity contribution in [2.24, 2.45) is 11.8 Å². The smallest absolute Gasteiger partial charge is 0.337 e. The van der Waals surface area contributed by atoms with Gasteiger partial charge in [-0.25, -0.2) is 4.79 Å². The number of Topliss-reactive ketones (excluding diaryl/α,β-unsaturated/α-hetero) is 1. The van der Waals surface area contributed by atoms with Gasteiger partial charge in [0.05, 0.1) is 33.0 Å². The highest BCUT2D eigenvalue weighted by atomic mass is 16.5. The second-order valence-electron chi connectivity index (χ2n) is 8.93. The Balaban J connectivity index is 2.27. The number of carbonyl (C=O) groups excluding carboxylic acids is 3. The van der Waals surface area contributed by atoms with Crippen LogP contribution in [-0.4, -0.2) is 50.3 Å². The summed E-state index contributed by atoms with van der Waals surface area (Å²) in [6.07, 6.45) is 0.688. The lowest BCUT2D eigenvalue weighted by Crippen LogP contribution is -2.43. The Bertz CT molecular complexity index is 1080. The Morgan fingerprint density at radius 1 is 1.17 bits per heavy atom. The zero-order chi connectivity index (χ0) is 26.0. The van der Waals surface area contributed by atoms with Gasteiger partial charge in [0.2, 0.25) is 5.75 Å². The van der Waals surface area contributed by atoms with E-state index in [2.05, 4.69) is 5.32 Å². The van der Waals surface area contributed by atoms with Crippen molar-refractivity contribution in [1.29, 1.82) is 0 Å². The lowest BCUT2D eigenvalue weighted by atomic mass is 9.69. The molecule has 0 amide bonds. The van der Waals surface area contributed by atoms with Crippen molar-refractivity contribution in [2.45, 2.75) is 52.6 Å². The van der Waals surface area contributed by atoms with Crippen LogP contribution in [0.4, 0.5) is 0 Å². The average molecular weight is 488 g/mol. The molecular weight excluding hydrogens is 454 g/mol. The van der Waals surface area contributed by atoms with E-state index in [1.165, 1.54) is 21.3 Å². The molecule has 0 spiro atoms. The van der Waals surface area contributed by atoms with Crippen LogP contribution in [0.5, 0.6) is 17.2 Å². The molecule has 0 radical (unpaired) electrons. The molecule has 9 heteroatoms. The molecular formula is C26H33NO8. The van der Waals surface area contributed by atoms with Gasteiger partial charge in [0.15, 0.2) is 17.3 Å². The van der Waals surface area contributed by atoms with E-state index in [0.29, 0.717) is 29.8 Å². The van der Waals surface area contributed by atoms with E-state index < -0.39 is 29.6 Å². The quantitative estimate of drug-likeness (QED) is 0.440. The van der Waals surface area contributed by atoms with Gasteiger partial charge in [-0.15, -0.1) is 0 Å². The summed E-state index contributed by atoms with van der Waals surface area (Å²) in [7, 11) is 4.04. The Morgan fingerprint density at radius 2 is 1.77 bits per heavy atom. The zero-order valence-corrected chi connectivity index (χ0v) is 21.2. The molecule has 0 bridgehead atoms. The lowest BCUT2D eigenvalue weighted by molar-refractivity contribution is -0.151. The summed E-state index contributed by atoms with van der Waals surface area (Å²) >= 11 is 0. The second-order valence-corrected chi connectivity index (χ2v) is 8.93. The number of nitrogens with one attached hydrogen (secondary N) is 1. The highest BCUT2D eigenvalue weighted by Crippen LogP contribution is 2.48. The number of hydrogen-bond donors (Lipinski definition) is 2. The van der Waals surface area contributed by atoms with Gasteiger partial charge in [-0.05, 0) is 50.3 Å². The van der Waals surface area contributed by atoms with Gasteiger partial charge in [0.1, 0.15) is 5.92 Å². The first kappa shape index (κ1) is 26.1. The van der Waals surface area contributed by atoms with E-state index in [1.807, 2.05) is 13.8 Å². The van der Waals surface area contributed by atoms with Gasteiger partial charge in [0.25, 0.3) is 0 Å². The molecule has 1 heterocycles. The maximum absolute atomic E-state index is 13.8. The van der Waals surface area contributed by atoms with Gasteiger partial charge >= 0.3 is 11.9 Å². The maximum Gasteiger partial charge on any atom is 0.337 e. The van der Waals surface area contributed by atoms with Gasteiger partial charge < -0.3 is 29.4 Å². The van der Waals surface area contributed by atoms with Crippen molar-refractivity contribution < 1.29 is 38.4 Å².